The fourth-order valence-electron chi connectivity index (χ4n) is 5.39. The maximum absolute atomic E-state index is 13.4. The van der Waals surface area contributed by atoms with Gasteiger partial charge in [0.05, 0.1) is 10.4 Å². The number of rotatable bonds is 10. The van der Waals surface area contributed by atoms with Crippen LogP contribution in [0.5, 0.6) is 0 Å². The van der Waals surface area contributed by atoms with Crippen LogP contribution in [0.3, 0.4) is 0 Å². The highest BCUT2D eigenvalue weighted by atomic mass is 32.2. The van der Waals surface area contributed by atoms with Crippen molar-refractivity contribution >= 4 is 21.1 Å². The minimum atomic E-state index is -3.62. The number of aromatic nitrogens is 3. The number of piperazine rings is 1. The lowest BCUT2D eigenvalue weighted by Crippen LogP contribution is -2.48. The highest BCUT2D eigenvalue weighted by molar-refractivity contribution is 7.89. The van der Waals surface area contributed by atoms with Gasteiger partial charge in [-0.25, -0.2) is 13.2 Å². The lowest BCUT2D eigenvalue weighted by molar-refractivity contribution is 0.190. The zero-order chi connectivity index (χ0) is 28.3. The maximum atomic E-state index is 13.4. The number of hydrogen-bond donors (Lipinski definition) is 1. The molecule has 0 saturated carbocycles. The van der Waals surface area contributed by atoms with Gasteiger partial charge < -0.3 is 9.88 Å². The molecule has 0 unspecified atom stereocenters. The summed E-state index contributed by atoms with van der Waals surface area (Å²) in [7, 11) is -3.62. The lowest BCUT2D eigenvalue weighted by atomic mass is 10.1. The van der Waals surface area contributed by atoms with Crippen LogP contribution >= 0.6 is 0 Å². The molecule has 4 aromatic rings. The van der Waals surface area contributed by atoms with E-state index in [0.717, 1.165) is 24.9 Å². The molecule has 3 heterocycles. The minimum absolute atomic E-state index is 0.248. The number of nitrogens with one attached hydrogen (secondary N) is 1. The first-order chi connectivity index (χ1) is 19.3. The van der Waals surface area contributed by atoms with E-state index in [1.54, 1.807) is 33.1 Å². The second kappa shape index (κ2) is 12.0. The predicted molar refractivity (Wildman–Crippen MR) is 158 cm³/mol. The van der Waals surface area contributed by atoms with Crippen LogP contribution in [0.15, 0.2) is 75.1 Å². The molecule has 1 aliphatic heterocycles. The van der Waals surface area contributed by atoms with Gasteiger partial charge in [0.15, 0.2) is 0 Å². The van der Waals surface area contributed by atoms with Crippen molar-refractivity contribution in [3.05, 3.63) is 87.1 Å². The molecule has 0 amide bonds. The highest BCUT2D eigenvalue weighted by Crippen LogP contribution is 2.25. The third kappa shape index (κ3) is 5.56. The summed E-state index contributed by atoms with van der Waals surface area (Å²) >= 11 is 0. The van der Waals surface area contributed by atoms with E-state index in [0.29, 0.717) is 62.4 Å². The van der Waals surface area contributed by atoms with Crippen LogP contribution in [0.2, 0.25) is 0 Å². The Balaban J connectivity index is 1.32. The van der Waals surface area contributed by atoms with Gasteiger partial charge in [0.25, 0.3) is 5.56 Å². The first-order valence-electron chi connectivity index (χ1n) is 14.1. The van der Waals surface area contributed by atoms with Gasteiger partial charge in [-0.2, -0.15) is 4.31 Å². The summed E-state index contributed by atoms with van der Waals surface area (Å²) in [5.41, 5.74) is 3.03. The minimum Gasteiger partial charge on any atom is -0.349 e. The molecule has 2 aromatic heterocycles. The van der Waals surface area contributed by atoms with E-state index in [9.17, 15) is 18.0 Å². The van der Waals surface area contributed by atoms with Gasteiger partial charge in [0.1, 0.15) is 5.52 Å². The fraction of sp³-hybridized carbons (Fsp3) is 0.400. The number of H-pyrrole nitrogens is 1. The first-order valence-corrected chi connectivity index (χ1v) is 15.5. The van der Waals surface area contributed by atoms with Crippen molar-refractivity contribution < 1.29 is 8.42 Å². The number of sulfonamides is 1. The first kappa shape index (κ1) is 28.1. The lowest BCUT2D eigenvalue weighted by Gasteiger charge is -2.34. The van der Waals surface area contributed by atoms with Gasteiger partial charge in [-0.1, -0.05) is 56.3 Å². The Kier molecular flexibility index (Phi) is 8.39. The number of fused-ring (bicyclic) bond motifs is 1. The SMILES string of the molecule is CCCn1c(=O)c2[nH]c(-c3ccc(S(=O)(=O)N4CCN(CCc5ccccc5)CC4)cc3)cc2n(CCC)c1=O. The zero-order valence-corrected chi connectivity index (χ0v) is 24.0. The Hall–Kier alpha value is -3.47. The van der Waals surface area contributed by atoms with Gasteiger partial charge in [0, 0.05) is 51.5 Å². The monoisotopic (exact) mass is 563 g/mol. The van der Waals surface area contributed by atoms with Crippen LogP contribution < -0.4 is 11.2 Å². The van der Waals surface area contributed by atoms with E-state index in [1.165, 1.54) is 10.1 Å². The zero-order valence-electron chi connectivity index (χ0n) is 23.2. The van der Waals surface area contributed by atoms with E-state index in [1.807, 2.05) is 38.1 Å². The highest BCUT2D eigenvalue weighted by Gasteiger charge is 2.28. The quantitative estimate of drug-likeness (QED) is 0.318. The van der Waals surface area contributed by atoms with E-state index in [4.69, 9.17) is 0 Å². The van der Waals surface area contributed by atoms with Crippen molar-refractivity contribution in [1.29, 1.82) is 0 Å². The Morgan fingerprint density at radius 3 is 2.10 bits per heavy atom. The molecule has 212 valence electrons. The van der Waals surface area contributed by atoms with Crippen molar-refractivity contribution in [1.82, 2.24) is 23.3 Å². The number of hydrogen-bond acceptors (Lipinski definition) is 5. The van der Waals surface area contributed by atoms with Crippen molar-refractivity contribution in [2.24, 2.45) is 0 Å². The van der Waals surface area contributed by atoms with E-state index < -0.39 is 10.0 Å². The van der Waals surface area contributed by atoms with Crippen LogP contribution in [0.25, 0.3) is 22.3 Å². The van der Waals surface area contributed by atoms with Crippen LogP contribution in [0, 0.1) is 0 Å². The molecule has 0 spiro atoms. The van der Waals surface area contributed by atoms with E-state index in [-0.39, 0.29) is 16.1 Å². The second-order valence-corrected chi connectivity index (χ2v) is 12.3. The fourth-order valence-corrected chi connectivity index (χ4v) is 6.81. The molecule has 5 rings (SSSR count). The second-order valence-electron chi connectivity index (χ2n) is 10.3. The van der Waals surface area contributed by atoms with Gasteiger partial charge in [-0.15, -0.1) is 0 Å². The molecule has 1 aliphatic rings. The van der Waals surface area contributed by atoms with Crippen LogP contribution in [-0.4, -0.2) is 64.5 Å². The normalized spacial score (nSPS) is 15.2. The average Bonchev–Trinajstić information content (AvgIpc) is 3.43. The molecule has 2 aromatic carbocycles. The van der Waals surface area contributed by atoms with E-state index >= 15 is 0 Å². The Morgan fingerprint density at radius 2 is 1.45 bits per heavy atom. The molecular weight excluding hydrogens is 526 g/mol. The molecule has 0 atom stereocenters. The summed E-state index contributed by atoms with van der Waals surface area (Å²) in [6, 6.07) is 18.9. The topological polar surface area (TPSA) is 100 Å². The van der Waals surface area contributed by atoms with Gasteiger partial charge >= 0.3 is 5.69 Å². The maximum Gasteiger partial charge on any atom is 0.331 e. The number of aryl methyl sites for hydroxylation is 1. The summed E-state index contributed by atoms with van der Waals surface area (Å²) in [6.45, 7) is 8.02. The molecule has 1 saturated heterocycles. The molecule has 40 heavy (non-hydrogen) atoms. The van der Waals surface area contributed by atoms with Crippen molar-refractivity contribution in [2.75, 3.05) is 32.7 Å². The van der Waals surface area contributed by atoms with Gasteiger partial charge in [0.2, 0.25) is 10.0 Å². The van der Waals surface area contributed by atoms with Crippen LogP contribution in [0.1, 0.15) is 32.3 Å². The molecular formula is C30H37N5O4S. The third-order valence-electron chi connectivity index (χ3n) is 7.60. The van der Waals surface area contributed by atoms with Crippen molar-refractivity contribution in [3.63, 3.8) is 0 Å². The largest absolute Gasteiger partial charge is 0.349 e. The smallest absolute Gasteiger partial charge is 0.331 e. The predicted octanol–water partition coefficient (Wildman–Crippen LogP) is 3.53. The molecule has 1 N–H and O–H groups in total. The van der Waals surface area contributed by atoms with Crippen molar-refractivity contribution in [3.8, 4) is 11.3 Å². The number of benzene rings is 2. The molecule has 0 aliphatic carbocycles. The summed E-state index contributed by atoms with van der Waals surface area (Å²) in [6.07, 6.45) is 2.39. The average molecular weight is 564 g/mol. The molecule has 1 fully saturated rings. The summed E-state index contributed by atoms with van der Waals surface area (Å²) < 4.78 is 31.2. The molecule has 0 radical (unpaired) electrons. The van der Waals surface area contributed by atoms with Gasteiger partial charge in [-0.3, -0.25) is 13.9 Å². The number of nitrogens with zero attached hydrogens (tertiary/aromatic N) is 4. The van der Waals surface area contributed by atoms with Crippen LogP contribution in [0.4, 0.5) is 0 Å². The summed E-state index contributed by atoms with van der Waals surface area (Å²) in [4.78, 5) is 31.8. The van der Waals surface area contributed by atoms with E-state index in [2.05, 4.69) is 22.0 Å². The Labute approximate surface area is 234 Å². The summed E-state index contributed by atoms with van der Waals surface area (Å²) in [5, 5.41) is 0. The molecule has 9 nitrogen and oxygen atoms in total. The van der Waals surface area contributed by atoms with Gasteiger partial charge in [-0.05, 0) is 48.6 Å². The van der Waals surface area contributed by atoms with Crippen LogP contribution in [-0.2, 0) is 29.5 Å². The van der Waals surface area contributed by atoms with Crippen molar-refractivity contribution in [2.45, 2.75) is 51.1 Å². The standard InChI is InChI=1S/C30H37N5O4S/c1-3-15-34-27-22-26(31-28(27)29(36)35(16-4-2)30(34)37)24-10-12-25(13-11-24)40(38,39)33-20-18-32(19-21-33)17-14-23-8-6-5-7-9-23/h5-13,22,31H,3-4,14-21H2,1-2H3. The molecule has 0 bridgehead atoms. The molecule has 10 heteroatoms. The Bertz CT molecular complexity index is 1680. The Morgan fingerprint density at radius 1 is 0.800 bits per heavy atom. The number of aromatic amines is 1. The summed E-state index contributed by atoms with van der Waals surface area (Å²) in [5.74, 6) is 0. The third-order valence-corrected chi connectivity index (χ3v) is 9.51.